The zero-order valence-corrected chi connectivity index (χ0v) is 10.6. The maximum absolute atomic E-state index is 5.62. The molecule has 1 aromatic heterocycles. The Bertz CT molecular complexity index is 500. The van der Waals surface area contributed by atoms with Crippen LogP contribution < -0.4 is 5.32 Å². The highest BCUT2D eigenvalue weighted by molar-refractivity contribution is 9.10. The lowest BCUT2D eigenvalue weighted by Crippen LogP contribution is -2.26. The van der Waals surface area contributed by atoms with Gasteiger partial charge in [0.25, 0.3) is 0 Å². The number of benzene rings is 1. The molecule has 16 heavy (non-hydrogen) atoms. The van der Waals surface area contributed by atoms with Crippen molar-refractivity contribution in [2.75, 3.05) is 13.1 Å². The van der Waals surface area contributed by atoms with Crippen molar-refractivity contribution < 1.29 is 4.42 Å². The summed E-state index contributed by atoms with van der Waals surface area (Å²) in [5.41, 5.74) is 2.37. The van der Waals surface area contributed by atoms with E-state index in [2.05, 4.69) is 27.3 Å². The molecule has 0 aliphatic carbocycles. The number of halogens is 1. The lowest BCUT2D eigenvalue weighted by Gasteiger charge is -2.21. The smallest absolute Gasteiger partial charge is 0.134 e. The van der Waals surface area contributed by atoms with Crippen molar-refractivity contribution in [3.8, 4) is 0 Å². The normalized spacial score (nSPS) is 18.1. The number of rotatable bonds is 1. The van der Waals surface area contributed by atoms with E-state index in [0.29, 0.717) is 5.92 Å². The highest BCUT2D eigenvalue weighted by Gasteiger charge is 2.19. The predicted octanol–water partition coefficient (Wildman–Crippen LogP) is 3.66. The van der Waals surface area contributed by atoms with Crippen LogP contribution in [0, 0.1) is 0 Å². The van der Waals surface area contributed by atoms with Gasteiger partial charge in [-0.15, -0.1) is 0 Å². The molecule has 0 unspecified atom stereocenters. The first-order chi connectivity index (χ1) is 7.84. The second kappa shape index (κ2) is 4.22. The summed E-state index contributed by atoms with van der Waals surface area (Å²) < 4.78 is 6.74. The molecule has 3 heteroatoms. The molecule has 0 atom stereocenters. The Balaban J connectivity index is 2.05. The molecule has 0 amide bonds. The van der Waals surface area contributed by atoms with Crippen LogP contribution in [-0.2, 0) is 0 Å². The van der Waals surface area contributed by atoms with Crippen LogP contribution >= 0.6 is 15.9 Å². The van der Waals surface area contributed by atoms with Crippen LogP contribution in [0.1, 0.15) is 24.3 Å². The van der Waals surface area contributed by atoms with E-state index < -0.39 is 0 Å². The molecule has 1 N–H and O–H groups in total. The van der Waals surface area contributed by atoms with E-state index in [4.69, 9.17) is 4.42 Å². The number of hydrogen-bond donors (Lipinski definition) is 1. The summed E-state index contributed by atoms with van der Waals surface area (Å²) >= 11 is 3.52. The molecule has 0 radical (unpaired) electrons. The minimum absolute atomic E-state index is 0.650. The van der Waals surface area contributed by atoms with Gasteiger partial charge in [-0.2, -0.15) is 0 Å². The molecule has 1 aliphatic heterocycles. The quantitative estimate of drug-likeness (QED) is 0.862. The summed E-state index contributed by atoms with van der Waals surface area (Å²) in [6.07, 6.45) is 4.36. The lowest BCUT2D eigenvalue weighted by atomic mass is 9.90. The van der Waals surface area contributed by atoms with Gasteiger partial charge in [0.1, 0.15) is 5.58 Å². The van der Waals surface area contributed by atoms with E-state index >= 15 is 0 Å². The Morgan fingerprint density at radius 3 is 2.88 bits per heavy atom. The van der Waals surface area contributed by atoms with Crippen LogP contribution in [0.4, 0.5) is 0 Å². The van der Waals surface area contributed by atoms with Crippen LogP contribution in [0.15, 0.2) is 33.4 Å². The van der Waals surface area contributed by atoms with Crippen LogP contribution in [-0.4, -0.2) is 13.1 Å². The first-order valence-corrected chi connectivity index (χ1v) is 6.51. The minimum atomic E-state index is 0.650. The molecule has 1 aromatic carbocycles. The second-order valence-electron chi connectivity index (χ2n) is 4.36. The number of hydrogen-bond acceptors (Lipinski definition) is 2. The minimum Gasteiger partial charge on any atom is -0.464 e. The SMILES string of the molecule is Brc1ccc2occ(C3CCNCC3)c2c1. The van der Waals surface area contributed by atoms with Gasteiger partial charge in [-0.1, -0.05) is 15.9 Å². The average molecular weight is 280 g/mol. The van der Waals surface area contributed by atoms with Gasteiger partial charge in [-0.3, -0.25) is 0 Å². The predicted molar refractivity (Wildman–Crippen MR) is 68.8 cm³/mol. The van der Waals surface area contributed by atoms with E-state index in [1.54, 1.807) is 0 Å². The van der Waals surface area contributed by atoms with Gasteiger partial charge < -0.3 is 9.73 Å². The monoisotopic (exact) mass is 279 g/mol. The Labute approximate surface area is 103 Å². The van der Waals surface area contributed by atoms with Crippen LogP contribution in [0.5, 0.6) is 0 Å². The molecule has 2 heterocycles. The maximum Gasteiger partial charge on any atom is 0.134 e. The van der Waals surface area contributed by atoms with E-state index in [0.717, 1.165) is 23.1 Å². The van der Waals surface area contributed by atoms with Crippen molar-refractivity contribution in [3.05, 3.63) is 34.5 Å². The Kier molecular flexibility index (Phi) is 2.74. The van der Waals surface area contributed by atoms with E-state index in [9.17, 15) is 0 Å². The van der Waals surface area contributed by atoms with Gasteiger partial charge in [0, 0.05) is 15.4 Å². The molecule has 2 nitrogen and oxygen atoms in total. The van der Waals surface area contributed by atoms with Crippen molar-refractivity contribution in [1.82, 2.24) is 5.32 Å². The highest BCUT2D eigenvalue weighted by atomic mass is 79.9. The molecule has 0 spiro atoms. The van der Waals surface area contributed by atoms with E-state index in [-0.39, 0.29) is 0 Å². The Hall–Kier alpha value is -0.800. The van der Waals surface area contributed by atoms with Crippen LogP contribution in [0.25, 0.3) is 11.0 Å². The molecule has 84 valence electrons. The van der Waals surface area contributed by atoms with Crippen molar-refractivity contribution in [2.45, 2.75) is 18.8 Å². The van der Waals surface area contributed by atoms with Gasteiger partial charge >= 0.3 is 0 Å². The molecular formula is C13H14BrNO. The van der Waals surface area contributed by atoms with Gasteiger partial charge in [-0.05, 0) is 50.0 Å². The fourth-order valence-corrected chi connectivity index (χ4v) is 2.83. The fourth-order valence-electron chi connectivity index (χ4n) is 2.47. The summed E-state index contributed by atoms with van der Waals surface area (Å²) in [6.45, 7) is 2.23. The zero-order valence-electron chi connectivity index (χ0n) is 9.00. The average Bonchev–Trinajstić information content (AvgIpc) is 2.73. The zero-order chi connectivity index (χ0) is 11.0. The molecule has 2 aromatic rings. The van der Waals surface area contributed by atoms with Gasteiger partial charge in [0.15, 0.2) is 0 Å². The third-order valence-corrected chi connectivity index (χ3v) is 3.84. The van der Waals surface area contributed by atoms with Crippen molar-refractivity contribution in [2.24, 2.45) is 0 Å². The Morgan fingerprint density at radius 1 is 1.25 bits per heavy atom. The van der Waals surface area contributed by atoms with Gasteiger partial charge in [0.05, 0.1) is 6.26 Å². The van der Waals surface area contributed by atoms with Crippen molar-refractivity contribution in [1.29, 1.82) is 0 Å². The molecule has 1 fully saturated rings. The number of nitrogens with one attached hydrogen (secondary N) is 1. The summed E-state index contributed by atoms with van der Waals surface area (Å²) in [5, 5.41) is 4.66. The largest absolute Gasteiger partial charge is 0.464 e. The summed E-state index contributed by atoms with van der Waals surface area (Å²) in [4.78, 5) is 0. The first-order valence-electron chi connectivity index (χ1n) is 5.72. The number of furan rings is 1. The van der Waals surface area contributed by atoms with Gasteiger partial charge in [0.2, 0.25) is 0 Å². The van der Waals surface area contributed by atoms with Crippen LogP contribution in [0.3, 0.4) is 0 Å². The molecule has 0 saturated carbocycles. The molecule has 0 bridgehead atoms. The molecule has 1 aliphatic rings. The maximum atomic E-state index is 5.62. The Morgan fingerprint density at radius 2 is 2.06 bits per heavy atom. The number of piperidine rings is 1. The molecule has 1 saturated heterocycles. The number of fused-ring (bicyclic) bond motifs is 1. The third kappa shape index (κ3) is 1.78. The van der Waals surface area contributed by atoms with Gasteiger partial charge in [-0.25, -0.2) is 0 Å². The second-order valence-corrected chi connectivity index (χ2v) is 5.27. The van der Waals surface area contributed by atoms with Crippen LogP contribution in [0.2, 0.25) is 0 Å². The topological polar surface area (TPSA) is 25.2 Å². The fraction of sp³-hybridized carbons (Fsp3) is 0.385. The van der Waals surface area contributed by atoms with Crippen molar-refractivity contribution in [3.63, 3.8) is 0 Å². The summed E-state index contributed by atoms with van der Waals surface area (Å²) in [6, 6.07) is 6.22. The summed E-state index contributed by atoms with van der Waals surface area (Å²) in [5.74, 6) is 0.650. The summed E-state index contributed by atoms with van der Waals surface area (Å²) in [7, 11) is 0. The highest BCUT2D eigenvalue weighted by Crippen LogP contribution is 2.34. The van der Waals surface area contributed by atoms with E-state index in [1.807, 2.05) is 18.4 Å². The van der Waals surface area contributed by atoms with Crippen molar-refractivity contribution >= 4 is 26.9 Å². The molecule has 3 rings (SSSR count). The third-order valence-electron chi connectivity index (χ3n) is 3.34. The van der Waals surface area contributed by atoms with E-state index in [1.165, 1.54) is 23.8 Å². The first kappa shape index (κ1) is 10.4. The lowest BCUT2D eigenvalue weighted by molar-refractivity contribution is 0.457. The standard InChI is InChI=1S/C13H14BrNO/c14-10-1-2-13-11(7-10)12(8-16-13)9-3-5-15-6-4-9/h1-2,7-9,15H,3-6H2. The molecular weight excluding hydrogens is 266 g/mol.